The van der Waals surface area contributed by atoms with Crippen LogP contribution in [0.3, 0.4) is 0 Å². The molecule has 0 saturated heterocycles. The topological polar surface area (TPSA) is 125 Å². The predicted molar refractivity (Wildman–Crippen MR) is 228 cm³/mol. The first-order chi connectivity index (χ1) is 27.7. The Labute approximate surface area is 341 Å². The van der Waals surface area contributed by atoms with Crippen LogP contribution in [0.1, 0.15) is 83.1 Å². The summed E-state index contributed by atoms with van der Waals surface area (Å²) in [4.78, 5) is 37.1. The molecule has 302 valence electrons. The van der Waals surface area contributed by atoms with E-state index in [1.165, 1.54) is 0 Å². The Morgan fingerprint density at radius 3 is 1.91 bits per heavy atom. The summed E-state index contributed by atoms with van der Waals surface area (Å²) < 4.78 is 22.2. The van der Waals surface area contributed by atoms with E-state index in [1.807, 2.05) is 83.1 Å². The van der Waals surface area contributed by atoms with Gasteiger partial charge >= 0.3 is 17.9 Å². The molecular formula is C48H53N3O7. The Morgan fingerprint density at radius 1 is 0.655 bits per heavy atom. The summed E-state index contributed by atoms with van der Waals surface area (Å²) in [7, 11) is 0. The first kappa shape index (κ1) is 42.8. The summed E-state index contributed by atoms with van der Waals surface area (Å²) in [6.45, 7) is 16.6. The lowest BCUT2D eigenvalue weighted by atomic mass is 9.69. The van der Waals surface area contributed by atoms with E-state index in [9.17, 15) is 14.4 Å². The first-order valence-corrected chi connectivity index (χ1v) is 19.6. The van der Waals surface area contributed by atoms with Gasteiger partial charge in [0.1, 0.15) is 17.2 Å². The first-order valence-electron chi connectivity index (χ1n) is 19.6. The molecule has 0 aliphatic heterocycles. The third-order valence-corrected chi connectivity index (χ3v) is 10.2. The number of carbonyl (C=O) groups is 3. The van der Waals surface area contributed by atoms with Crippen molar-refractivity contribution in [1.82, 2.24) is 0 Å². The van der Waals surface area contributed by atoms with E-state index in [4.69, 9.17) is 18.9 Å². The van der Waals surface area contributed by atoms with E-state index >= 15 is 0 Å². The zero-order valence-electron chi connectivity index (χ0n) is 34.3. The molecule has 58 heavy (non-hydrogen) atoms. The van der Waals surface area contributed by atoms with Gasteiger partial charge in [-0.15, -0.1) is 5.11 Å². The quantitative estimate of drug-likeness (QED) is 0.0306. The van der Waals surface area contributed by atoms with Gasteiger partial charge < -0.3 is 24.3 Å². The highest BCUT2D eigenvalue weighted by atomic mass is 16.5. The molecule has 0 amide bonds. The molecule has 5 aromatic carbocycles. The van der Waals surface area contributed by atoms with E-state index in [2.05, 4.69) is 22.1 Å². The van der Waals surface area contributed by atoms with Gasteiger partial charge in [-0.2, -0.15) is 5.11 Å². The number of anilines is 1. The monoisotopic (exact) mass is 783 g/mol. The summed E-state index contributed by atoms with van der Waals surface area (Å²) in [6.07, 6.45) is 3.57. The van der Waals surface area contributed by atoms with Crippen molar-refractivity contribution in [3.63, 3.8) is 0 Å². The highest BCUT2D eigenvalue weighted by molar-refractivity contribution is 6.00. The zero-order chi connectivity index (χ0) is 41.7. The number of hydrogen-bond donors (Lipinski definition) is 1. The molecule has 0 bridgehead atoms. The van der Waals surface area contributed by atoms with Crippen molar-refractivity contribution >= 4 is 45.7 Å². The molecule has 0 unspecified atom stereocenters. The number of nitrogens with one attached hydrogen (secondary N) is 1. The molecule has 0 heterocycles. The third kappa shape index (κ3) is 11.9. The Kier molecular flexibility index (Phi) is 14.6. The van der Waals surface area contributed by atoms with Crippen molar-refractivity contribution in [2.45, 2.75) is 73.8 Å². The number of nitrogens with zero attached hydrogens (tertiary/aromatic N) is 2. The molecule has 5 rings (SSSR count). The van der Waals surface area contributed by atoms with E-state index in [1.54, 1.807) is 67.6 Å². The van der Waals surface area contributed by atoms with Crippen LogP contribution >= 0.6 is 0 Å². The second-order valence-corrected chi connectivity index (χ2v) is 15.7. The fourth-order valence-corrected chi connectivity index (χ4v) is 5.52. The van der Waals surface area contributed by atoms with Crippen molar-refractivity contribution in [2.24, 2.45) is 21.1 Å². The molecule has 0 aromatic heterocycles. The Hall–Kier alpha value is -6.29. The Balaban J connectivity index is 1.08. The fourth-order valence-electron chi connectivity index (χ4n) is 5.52. The normalized spacial score (nSPS) is 11.6. The van der Waals surface area contributed by atoms with Crippen LogP contribution in [-0.2, 0) is 20.9 Å². The van der Waals surface area contributed by atoms with Crippen LogP contribution in [0.4, 0.5) is 17.1 Å². The van der Waals surface area contributed by atoms with Crippen LogP contribution in [0, 0.1) is 10.8 Å². The van der Waals surface area contributed by atoms with Crippen LogP contribution in [-0.4, -0.2) is 31.1 Å². The summed E-state index contributed by atoms with van der Waals surface area (Å²) >= 11 is 0. The lowest BCUT2D eigenvalue weighted by molar-refractivity contribution is -0.150. The molecule has 10 nitrogen and oxygen atoms in total. The lowest BCUT2D eigenvalue weighted by Crippen LogP contribution is -2.40. The molecule has 0 fully saturated rings. The maximum atomic E-state index is 12.8. The highest BCUT2D eigenvalue weighted by Gasteiger charge is 2.41. The Morgan fingerprint density at radius 2 is 1.26 bits per heavy atom. The molecule has 0 spiro atoms. The van der Waals surface area contributed by atoms with E-state index < -0.39 is 11.4 Å². The minimum Gasteiger partial charge on any atom is -0.494 e. The summed E-state index contributed by atoms with van der Waals surface area (Å²) in [5, 5.41) is 14.5. The summed E-state index contributed by atoms with van der Waals surface area (Å²) in [5.74, 6) is 0.507. The van der Waals surface area contributed by atoms with Crippen molar-refractivity contribution < 1.29 is 33.3 Å². The standard InChI is InChI=1S/C48H53N3O7/c1-33(2)44(52)56-31-13-9-8-12-30-55-37-24-18-35(19-25-37)45(53)57-38-22-16-34(17-23-38)32-49-42-28-29-43(41-15-11-10-14-40(41)42)51-50-36-20-26-39(27-21-36)58-46(54)48(6,7)47(3,4)5/h10-11,14-29,49H,1,8-9,12-13,30-32H2,2-7H3. The van der Waals surface area contributed by atoms with Gasteiger partial charge in [-0.25, -0.2) is 9.59 Å². The maximum absolute atomic E-state index is 12.8. The molecule has 0 atom stereocenters. The second kappa shape index (κ2) is 19.7. The fraction of sp³-hybridized carbons (Fsp3) is 0.312. The van der Waals surface area contributed by atoms with Crippen LogP contribution in [0.15, 0.2) is 132 Å². The lowest BCUT2D eigenvalue weighted by Gasteiger charge is -2.36. The molecule has 1 N–H and O–H groups in total. The molecule has 10 heteroatoms. The largest absolute Gasteiger partial charge is 0.494 e. The number of rotatable bonds is 18. The molecular weight excluding hydrogens is 731 g/mol. The number of fused-ring (bicyclic) bond motifs is 1. The van der Waals surface area contributed by atoms with Gasteiger partial charge in [0.15, 0.2) is 0 Å². The van der Waals surface area contributed by atoms with Gasteiger partial charge in [0.2, 0.25) is 0 Å². The van der Waals surface area contributed by atoms with Crippen molar-refractivity contribution in [3.8, 4) is 17.2 Å². The predicted octanol–water partition coefficient (Wildman–Crippen LogP) is 12.1. The van der Waals surface area contributed by atoms with Crippen LogP contribution < -0.4 is 19.5 Å². The maximum Gasteiger partial charge on any atom is 0.343 e. The molecule has 0 aliphatic carbocycles. The highest BCUT2D eigenvalue weighted by Crippen LogP contribution is 2.39. The molecule has 0 saturated carbocycles. The van der Waals surface area contributed by atoms with Gasteiger partial charge in [-0.3, -0.25) is 4.79 Å². The number of carbonyl (C=O) groups excluding carboxylic acids is 3. The third-order valence-electron chi connectivity index (χ3n) is 10.2. The molecule has 0 radical (unpaired) electrons. The van der Waals surface area contributed by atoms with Gasteiger partial charge in [0.25, 0.3) is 0 Å². The number of ether oxygens (including phenoxy) is 4. The number of esters is 3. The second-order valence-electron chi connectivity index (χ2n) is 15.7. The van der Waals surface area contributed by atoms with Gasteiger partial charge in [-0.05, 0) is 130 Å². The van der Waals surface area contributed by atoms with Gasteiger partial charge in [0, 0.05) is 28.6 Å². The van der Waals surface area contributed by atoms with Crippen molar-refractivity contribution in [1.29, 1.82) is 0 Å². The van der Waals surface area contributed by atoms with E-state index in [-0.39, 0.29) is 17.4 Å². The van der Waals surface area contributed by atoms with Crippen molar-refractivity contribution in [2.75, 3.05) is 18.5 Å². The van der Waals surface area contributed by atoms with Crippen molar-refractivity contribution in [3.05, 3.63) is 132 Å². The molecule has 0 aliphatic rings. The SMILES string of the molecule is C=C(C)C(=O)OCCCCCCOc1ccc(C(=O)Oc2ccc(CNc3ccc(N=Nc4ccc(OC(=O)C(C)(C)C(C)(C)C)cc4)c4ccccc34)cc2)cc1. The smallest absolute Gasteiger partial charge is 0.343 e. The van der Waals surface area contributed by atoms with Gasteiger partial charge in [-0.1, -0.05) is 63.7 Å². The van der Waals surface area contributed by atoms with E-state index in [0.29, 0.717) is 53.8 Å². The number of unbranched alkanes of at least 4 members (excludes halogenated alkanes) is 3. The zero-order valence-corrected chi connectivity index (χ0v) is 34.3. The minimum atomic E-state index is -0.655. The van der Waals surface area contributed by atoms with E-state index in [0.717, 1.165) is 53.4 Å². The van der Waals surface area contributed by atoms with Gasteiger partial charge in [0.05, 0.1) is 35.6 Å². The minimum absolute atomic E-state index is 0.251. The summed E-state index contributed by atoms with van der Waals surface area (Å²) in [6, 6.07) is 33.2. The average molecular weight is 784 g/mol. The number of benzene rings is 5. The number of azo groups is 1. The average Bonchev–Trinajstić information content (AvgIpc) is 3.21. The molecule has 5 aromatic rings. The van der Waals surface area contributed by atoms with Crippen LogP contribution in [0.2, 0.25) is 0 Å². The van der Waals surface area contributed by atoms with Crippen LogP contribution in [0.5, 0.6) is 17.2 Å². The summed E-state index contributed by atoms with van der Waals surface area (Å²) in [5.41, 5.74) is 3.24. The van der Waals surface area contributed by atoms with Crippen LogP contribution in [0.25, 0.3) is 10.8 Å². The number of hydrogen-bond acceptors (Lipinski definition) is 10. The Bertz CT molecular complexity index is 2220.